The second kappa shape index (κ2) is 7.88. The number of nitrogens with zero attached hydrogens (tertiary/aromatic N) is 4. The summed E-state index contributed by atoms with van der Waals surface area (Å²) in [5.74, 6) is -0.404. The Morgan fingerprint density at radius 1 is 1.30 bits per heavy atom. The standard InChI is InChI=1S/C18H19FN5O2P/c1-3-14(19)16-13-6-10(2)4-5-12(13)17(26)24(23-16)9-15(25)22-18-20-7-11(27)8-21-18/h4-8,14H,3,9,27H2,1-2H3,(H,20,21,22,25). The quantitative estimate of drug-likeness (QED) is 0.677. The average molecular weight is 387 g/mol. The van der Waals surface area contributed by atoms with Gasteiger partial charge < -0.3 is 0 Å². The van der Waals surface area contributed by atoms with Gasteiger partial charge in [-0.3, -0.25) is 14.9 Å². The lowest BCUT2D eigenvalue weighted by Gasteiger charge is -2.13. The van der Waals surface area contributed by atoms with Crippen molar-refractivity contribution in [3.63, 3.8) is 0 Å². The summed E-state index contributed by atoms with van der Waals surface area (Å²) in [6, 6.07) is 5.15. The number of rotatable bonds is 5. The smallest absolute Gasteiger partial charge is 0.275 e. The first-order valence-corrected chi connectivity index (χ1v) is 8.99. The van der Waals surface area contributed by atoms with Crippen LogP contribution in [0.3, 0.4) is 0 Å². The number of carbonyl (C=O) groups excluding carboxylic acids is 1. The van der Waals surface area contributed by atoms with Gasteiger partial charge in [-0.2, -0.15) is 5.10 Å². The molecule has 0 bridgehead atoms. The van der Waals surface area contributed by atoms with Gasteiger partial charge in [0.25, 0.3) is 5.56 Å². The molecule has 0 saturated carbocycles. The molecule has 1 aromatic carbocycles. The zero-order chi connectivity index (χ0) is 19.6. The molecule has 0 spiro atoms. The number of halogens is 1. The molecule has 1 amide bonds. The van der Waals surface area contributed by atoms with E-state index in [2.05, 4.69) is 29.6 Å². The minimum atomic E-state index is -1.33. The predicted octanol–water partition coefficient (Wildman–Crippen LogP) is 2.05. The van der Waals surface area contributed by atoms with E-state index >= 15 is 0 Å². The van der Waals surface area contributed by atoms with Crippen molar-refractivity contribution in [2.24, 2.45) is 0 Å². The molecule has 7 nitrogen and oxygen atoms in total. The molecule has 0 aliphatic carbocycles. The van der Waals surface area contributed by atoms with E-state index in [9.17, 15) is 14.0 Å². The Morgan fingerprint density at radius 2 is 2.00 bits per heavy atom. The van der Waals surface area contributed by atoms with Crippen molar-refractivity contribution in [1.29, 1.82) is 0 Å². The fourth-order valence-electron chi connectivity index (χ4n) is 2.66. The van der Waals surface area contributed by atoms with Crippen LogP contribution in [-0.4, -0.2) is 25.7 Å². The summed E-state index contributed by atoms with van der Waals surface area (Å²) in [4.78, 5) is 32.9. The third-order valence-corrected chi connectivity index (χ3v) is 4.31. The molecule has 2 aromatic heterocycles. The number of hydrogen-bond acceptors (Lipinski definition) is 5. The minimum absolute atomic E-state index is 0.118. The predicted molar refractivity (Wildman–Crippen MR) is 105 cm³/mol. The number of nitrogens with one attached hydrogen (secondary N) is 1. The van der Waals surface area contributed by atoms with Gasteiger partial charge in [0.05, 0.1) is 5.39 Å². The first kappa shape index (κ1) is 19.0. The van der Waals surface area contributed by atoms with Crippen LogP contribution in [0.25, 0.3) is 10.8 Å². The molecule has 3 rings (SSSR count). The van der Waals surface area contributed by atoms with Gasteiger partial charge in [0.15, 0.2) is 0 Å². The molecule has 3 aromatic rings. The summed E-state index contributed by atoms with van der Waals surface area (Å²) in [6.07, 6.45) is 1.95. The molecule has 2 unspecified atom stereocenters. The van der Waals surface area contributed by atoms with E-state index in [1.165, 1.54) is 12.4 Å². The van der Waals surface area contributed by atoms with Gasteiger partial charge in [-0.05, 0) is 25.5 Å². The highest BCUT2D eigenvalue weighted by molar-refractivity contribution is 7.27. The van der Waals surface area contributed by atoms with E-state index in [0.29, 0.717) is 10.8 Å². The molecule has 27 heavy (non-hydrogen) atoms. The van der Waals surface area contributed by atoms with Gasteiger partial charge in [0.2, 0.25) is 11.9 Å². The van der Waals surface area contributed by atoms with Crippen LogP contribution in [0.15, 0.2) is 35.4 Å². The van der Waals surface area contributed by atoms with Crippen molar-refractivity contribution in [2.45, 2.75) is 33.0 Å². The van der Waals surface area contributed by atoms with E-state index < -0.39 is 17.6 Å². The van der Waals surface area contributed by atoms with Gasteiger partial charge in [-0.1, -0.05) is 18.6 Å². The highest BCUT2D eigenvalue weighted by atomic mass is 31.0. The average Bonchev–Trinajstić information content (AvgIpc) is 2.65. The third kappa shape index (κ3) is 4.17. The maximum atomic E-state index is 14.5. The number of hydrogen-bond donors (Lipinski definition) is 1. The van der Waals surface area contributed by atoms with Gasteiger partial charge >= 0.3 is 0 Å². The van der Waals surface area contributed by atoms with E-state index in [1.807, 2.05) is 6.92 Å². The molecule has 0 fully saturated rings. The van der Waals surface area contributed by atoms with Crippen LogP contribution in [0.1, 0.15) is 30.8 Å². The Hall–Kier alpha value is -2.73. The zero-order valence-electron chi connectivity index (χ0n) is 14.9. The monoisotopic (exact) mass is 387 g/mol. The van der Waals surface area contributed by atoms with Crippen LogP contribution in [-0.2, 0) is 11.3 Å². The van der Waals surface area contributed by atoms with Gasteiger partial charge in [-0.25, -0.2) is 19.0 Å². The van der Waals surface area contributed by atoms with E-state index in [-0.39, 0.29) is 24.6 Å². The fraction of sp³-hybridized carbons (Fsp3) is 0.278. The Kier molecular flexibility index (Phi) is 5.56. The second-order valence-corrected chi connectivity index (χ2v) is 6.83. The minimum Gasteiger partial charge on any atom is -0.293 e. The van der Waals surface area contributed by atoms with Crippen molar-refractivity contribution < 1.29 is 9.18 Å². The second-order valence-electron chi connectivity index (χ2n) is 6.16. The number of benzene rings is 1. The van der Waals surface area contributed by atoms with Crippen LogP contribution in [0, 0.1) is 6.92 Å². The van der Waals surface area contributed by atoms with Crippen molar-refractivity contribution in [2.75, 3.05) is 5.32 Å². The summed E-state index contributed by atoms with van der Waals surface area (Å²) in [6.45, 7) is 3.20. The van der Waals surface area contributed by atoms with Crippen molar-refractivity contribution >= 4 is 37.2 Å². The molecule has 0 aliphatic heterocycles. The van der Waals surface area contributed by atoms with E-state index in [1.54, 1.807) is 25.1 Å². The summed E-state index contributed by atoms with van der Waals surface area (Å²) in [5.41, 5.74) is 0.610. The molecule has 0 radical (unpaired) electrons. The normalized spacial score (nSPS) is 12.1. The lowest BCUT2D eigenvalue weighted by Crippen LogP contribution is -2.31. The third-order valence-electron chi connectivity index (χ3n) is 4.02. The first-order chi connectivity index (χ1) is 12.9. The molecule has 9 heteroatoms. The number of fused-ring (bicyclic) bond motifs is 1. The molecule has 0 saturated heterocycles. The molecule has 1 N–H and O–H groups in total. The van der Waals surface area contributed by atoms with Crippen LogP contribution >= 0.6 is 9.24 Å². The molecular weight excluding hydrogens is 368 g/mol. The van der Waals surface area contributed by atoms with Crippen LogP contribution < -0.4 is 16.2 Å². The van der Waals surface area contributed by atoms with Crippen molar-refractivity contribution in [1.82, 2.24) is 19.7 Å². The van der Waals surface area contributed by atoms with Crippen molar-refractivity contribution in [3.8, 4) is 0 Å². The Balaban J connectivity index is 1.97. The SMILES string of the molecule is CCC(F)c1nn(CC(=O)Nc2ncc(P)cn2)c(=O)c2ccc(C)cc12. The Morgan fingerprint density at radius 3 is 2.67 bits per heavy atom. The lowest BCUT2D eigenvalue weighted by atomic mass is 10.0. The van der Waals surface area contributed by atoms with Crippen LogP contribution in [0.5, 0.6) is 0 Å². The van der Waals surface area contributed by atoms with Gasteiger partial charge in [0.1, 0.15) is 18.4 Å². The summed E-state index contributed by atoms with van der Waals surface area (Å²) in [5, 5.41) is 8.21. The number of alkyl halides is 1. The van der Waals surface area contributed by atoms with Crippen LogP contribution in [0.4, 0.5) is 10.3 Å². The van der Waals surface area contributed by atoms with Crippen LogP contribution in [0.2, 0.25) is 0 Å². The Bertz CT molecular complexity index is 1050. The highest BCUT2D eigenvalue weighted by Gasteiger charge is 2.19. The summed E-state index contributed by atoms with van der Waals surface area (Å²) in [7, 11) is 2.44. The molecule has 2 atom stereocenters. The number of aromatic nitrogens is 4. The van der Waals surface area contributed by atoms with E-state index in [0.717, 1.165) is 15.5 Å². The summed E-state index contributed by atoms with van der Waals surface area (Å²) >= 11 is 0. The maximum Gasteiger partial charge on any atom is 0.275 e. The fourth-order valence-corrected chi connectivity index (χ4v) is 2.81. The van der Waals surface area contributed by atoms with E-state index in [4.69, 9.17) is 0 Å². The summed E-state index contributed by atoms with van der Waals surface area (Å²) < 4.78 is 15.4. The largest absolute Gasteiger partial charge is 0.293 e. The van der Waals surface area contributed by atoms with Crippen molar-refractivity contribution in [3.05, 3.63) is 52.2 Å². The first-order valence-electron chi connectivity index (χ1n) is 8.42. The number of aryl methyl sites for hydroxylation is 1. The number of anilines is 1. The zero-order valence-corrected chi connectivity index (χ0v) is 16.1. The topological polar surface area (TPSA) is 89.8 Å². The van der Waals surface area contributed by atoms with Gasteiger partial charge in [-0.15, -0.1) is 9.24 Å². The molecule has 140 valence electrons. The number of carbonyl (C=O) groups is 1. The van der Waals surface area contributed by atoms with Gasteiger partial charge in [0, 0.05) is 23.1 Å². The highest BCUT2D eigenvalue weighted by Crippen LogP contribution is 2.26. The number of amides is 1. The molecule has 0 aliphatic rings. The molecular formula is C18H19FN5O2P. The maximum absolute atomic E-state index is 14.5. The Labute approximate surface area is 157 Å². The lowest BCUT2D eigenvalue weighted by molar-refractivity contribution is -0.117. The molecule has 2 heterocycles.